The lowest BCUT2D eigenvalue weighted by Crippen LogP contribution is -2.38. The maximum Gasteiger partial charge on any atom is 0.242 e. The summed E-state index contributed by atoms with van der Waals surface area (Å²) in [7, 11) is -3.81. The highest BCUT2D eigenvalue weighted by molar-refractivity contribution is 7.89. The Bertz CT molecular complexity index is 1270. The molecular weight excluding hydrogens is 420 g/mol. The Labute approximate surface area is 179 Å². The molecule has 2 aliphatic rings. The van der Waals surface area contributed by atoms with E-state index in [-0.39, 0.29) is 4.90 Å². The topological polar surface area (TPSA) is 133 Å². The summed E-state index contributed by atoms with van der Waals surface area (Å²) >= 11 is 0. The van der Waals surface area contributed by atoms with Crippen molar-refractivity contribution >= 4 is 32.0 Å². The van der Waals surface area contributed by atoms with Crippen LogP contribution in [-0.4, -0.2) is 73.3 Å². The van der Waals surface area contributed by atoms with Crippen molar-refractivity contribution in [2.24, 2.45) is 0 Å². The number of nitriles is 1. The summed E-state index contributed by atoms with van der Waals surface area (Å²) in [5, 5.41) is 10.7. The van der Waals surface area contributed by atoms with E-state index in [1.807, 2.05) is 6.07 Å². The smallest absolute Gasteiger partial charge is 0.242 e. The Morgan fingerprint density at radius 1 is 1.29 bits per heavy atom. The number of nitrogens with one attached hydrogen (secondary N) is 2. The van der Waals surface area contributed by atoms with Crippen molar-refractivity contribution in [3.63, 3.8) is 0 Å². The molecule has 1 aliphatic heterocycles. The number of aromatic nitrogens is 3. The minimum Gasteiger partial charge on any atom is -0.476 e. The van der Waals surface area contributed by atoms with E-state index >= 15 is 0 Å². The normalized spacial score (nSPS) is 18.8. The molecule has 1 saturated heterocycles. The van der Waals surface area contributed by atoms with Gasteiger partial charge in [-0.25, -0.2) is 18.4 Å². The van der Waals surface area contributed by atoms with E-state index in [0.717, 1.165) is 38.2 Å². The SMILES string of the molecule is N#CC1(NS(=O)(=O)c2ccc3c(c2)[nH]c2ncnc(OCCN4CCOCC4)c23)CC1. The Morgan fingerprint density at radius 2 is 2.10 bits per heavy atom. The summed E-state index contributed by atoms with van der Waals surface area (Å²) in [4.78, 5) is 14.1. The van der Waals surface area contributed by atoms with Crippen LogP contribution in [0.25, 0.3) is 21.9 Å². The average molecular weight is 443 g/mol. The first-order valence-corrected chi connectivity index (χ1v) is 11.6. The van der Waals surface area contributed by atoms with Gasteiger partial charge in [0.05, 0.1) is 29.6 Å². The largest absolute Gasteiger partial charge is 0.476 e. The van der Waals surface area contributed by atoms with E-state index in [4.69, 9.17) is 9.47 Å². The summed E-state index contributed by atoms with van der Waals surface area (Å²) in [6.07, 6.45) is 2.47. The molecule has 1 saturated carbocycles. The second-order valence-electron chi connectivity index (χ2n) is 7.84. The van der Waals surface area contributed by atoms with Gasteiger partial charge in [-0.2, -0.15) is 9.98 Å². The number of ether oxygens (including phenoxy) is 2. The molecule has 0 atom stereocenters. The van der Waals surface area contributed by atoms with Crippen molar-refractivity contribution in [3.8, 4) is 11.9 Å². The Balaban J connectivity index is 1.41. The summed E-state index contributed by atoms with van der Waals surface area (Å²) in [5.41, 5.74) is 0.212. The van der Waals surface area contributed by atoms with Gasteiger partial charge >= 0.3 is 0 Å². The van der Waals surface area contributed by atoms with Crippen LogP contribution in [-0.2, 0) is 14.8 Å². The van der Waals surface area contributed by atoms with Gasteiger partial charge in [-0.15, -0.1) is 0 Å². The number of morpholine rings is 1. The second-order valence-corrected chi connectivity index (χ2v) is 9.52. The standard InChI is InChI=1S/C20H22N6O4S/c21-12-20(3-4-20)25-31(27,28)14-1-2-15-16(11-14)24-18-17(15)19(23-13-22-18)30-10-7-26-5-8-29-9-6-26/h1-2,11,13,25H,3-10H2,(H,22,23,24). The molecule has 0 unspecified atom stereocenters. The quantitative estimate of drug-likeness (QED) is 0.557. The molecule has 0 radical (unpaired) electrons. The maximum absolute atomic E-state index is 12.7. The molecule has 10 nitrogen and oxygen atoms in total. The van der Waals surface area contributed by atoms with Crippen LogP contribution in [0.1, 0.15) is 12.8 Å². The highest BCUT2D eigenvalue weighted by atomic mass is 32.2. The summed E-state index contributed by atoms with van der Waals surface area (Å²) < 4.78 is 39.3. The van der Waals surface area contributed by atoms with Crippen molar-refractivity contribution in [1.29, 1.82) is 5.26 Å². The lowest BCUT2D eigenvalue weighted by Gasteiger charge is -2.26. The zero-order valence-electron chi connectivity index (χ0n) is 16.8. The summed E-state index contributed by atoms with van der Waals surface area (Å²) in [6.45, 7) is 4.48. The van der Waals surface area contributed by atoms with Crippen molar-refractivity contribution in [2.75, 3.05) is 39.5 Å². The van der Waals surface area contributed by atoms with Crippen molar-refractivity contribution in [1.82, 2.24) is 24.6 Å². The number of sulfonamides is 1. The molecule has 162 valence electrons. The monoisotopic (exact) mass is 442 g/mol. The molecule has 3 heterocycles. The second kappa shape index (κ2) is 7.72. The first kappa shape index (κ1) is 20.1. The molecule has 2 aromatic heterocycles. The minimum atomic E-state index is -3.81. The summed E-state index contributed by atoms with van der Waals surface area (Å²) in [5.74, 6) is 0.458. The zero-order chi connectivity index (χ0) is 21.5. The molecule has 2 N–H and O–H groups in total. The van der Waals surface area contributed by atoms with E-state index < -0.39 is 15.6 Å². The first-order chi connectivity index (χ1) is 15.0. The van der Waals surface area contributed by atoms with E-state index in [1.165, 1.54) is 12.4 Å². The predicted octanol–water partition coefficient (Wildman–Crippen LogP) is 1.16. The summed E-state index contributed by atoms with van der Waals surface area (Å²) in [6, 6.07) is 6.83. The number of fused-ring (bicyclic) bond motifs is 3. The van der Waals surface area contributed by atoms with Crippen LogP contribution in [0.5, 0.6) is 5.88 Å². The lowest BCUT2D eigenvalue weighted by atomic mass is 10.2. The Kier molecular flexibility index (Phi) is 5.02. The number of hydrogen-bond donors (Lipinski definition) is 2. The average Bonchev–Trinajstić information content (AvgIpc) is 3.43. The third-order valence-corrected chi connectivity index (χ3v) is 7.21. The van der Waals surface area contributed by atoms with E-state index in [1.54, 1.807) is 12.1 Å². The van der Waals surface area contributed by atoms with Crippen molar-refractivity contribution in [2.45, 2.75) is 23.3 Å². The molecule has 3 aromatic rings. The molecule has 0 amide bonds. The molecule has 1 aromatic carbocycles. The molecule has 0 spiro atoms. The molecule has 11 heteroatoms. The van der Waals surface area contributed by atoms with Gasteiger partial charge in [0.25, 0.3) is 0 Å². The van der Waals surface area contributed by atoms with Crippen molar-refractivity contribution in [3.05, 3.63) is 24.5 Å². The van der Waals surface area contributed by atoms with Crippen LogP contribution in [0, 0.1) is 11.3 Å². The number of hydrogen-bond acceptors (Lipinski definition) is 8. The van der Waals surface area contributed by atoms with Gasteiger partial charge in [-0.3, -0.25) is 4.90 Å². The minimum absolute atomic E-state index is 0.0934. The fourth-order valence-corrected chi connectivity index (χ4v) is 5.13. The van der Waals surface area contributed by atoms with Gasteiger partial charge in [0.15, 0.2) is 0 Å². The first-order valence-electron chi connectivity index (χ1n) is 10.1. The molecule has 1 aliphatic carbocycles. The van der Waals surface area contributed by atoms with Crippen molar-refractivity contribution < 1.29 is 17.9 Å². The highest BCUT2D eigenvalue weighted by Crippen LogP contribution is 2.37. The van der Waals surface area contributed by atoms with Gasteiger partial charge in [-0.05, 0) is 25.0 Å². The third-order valence-electron chi connectivity index (χ3n) is 5.68. The fraction of sp³-hybridized carbons (Fsp3) is 0.450. The van der Waals surface area contributed by atoms with E-state index in [0.29, 0.717) is 41.9 Å². The van der Waals surface area contributed by atoms with Gasteiger partial charge < -0.3 is 14.5 Å². The molecule has 31 heavy (non-hydrogen) atoms. The Hall–Kier alpha value is -2.78. The molecule has 2 fully saturated rings. The van der Waals surface area contributed by atoms with Crippen LogP contribution >= 0.6 is 0 Å². The fourth-order valence-electron chi connectivity index (χ4n) is 3.73. The highest BCUT2D eigenvalue weighted by Gasteiger charge is 2.46. The number of nitrogens with zero attached hydrogens (tertiary/aromatic N) is 4. The van der Waals surface area contributed by atoms with Crippen LogP contribution in [0.15, 0.2) is 29.4 Å². The van der Waals surface area contributed by atoms with E-state index in [2.05, 4.69) is 24.6 Å². The van der Waals surface area contributed by atoms with Gasteiger partial charge in [-0.1, -0.05) is 6.07 Å². The van der Waals surface area contributed by atoms with Crippen LogP contribution < -0.4 is 9.46 Å². The molecule has 5 rings (SSSR count). The molecular formula is C20H22N6O4S. The zero-order valence-corrected chi connectivity index (χ0v) is 17.6. The van der Waals surface area contributed by atoms with Gasteiger partial charge in [0.1, 0.15) is 24.1 Å². The van der Waals surface area contributed by atoms with Crippen LogP contribution in [0.4, 0.5) is 0 Å². The van der Waals surface area contributed by atoms with Crippen LogP contribution in [0.3, 0.4) is 0 Å². The number of H-pyrrole nitrogens is 1. The number of benzene rings is 1. The number of rotatable bonds is 7. The number of aromatic amines is 1. The predicted molar refractivity (Wildman–Crippen MR) is 112 cm³/mol. The molecule has 0 bridgehead atoms. The van der Waals surface area contributed by atoms with Gasteiger partial charge in [0, 0.05) is 30.5 Å². The third kappa shape index (κ3) is 3.95. The van der Waals surface area contributed by atoms with Gasteiger partial charge in [0.2, 0.25) is 15.9 Å². The van der Waals surface area contributed by atoms with Crippen LogP contribution in [0.2, 0.25) is 0 Å². The lowest BCUT2D eigenvalue weighted by molar-refractivity contribution is 0.0321. The maximum atomic E-state index is 12.7. The Morgan fingerprint density at radius 3 is 2.84 bits per heavy atom. The van der Waals surface area contributed by atoms with E-state index in [9.17, 15) is 13.7 Å².